The van der Waals surface area contributed by atoms with Crippen molar-refractivity contribution < 1.29 is 8.83 Å². The third-order valence-corrected chi connectivity index (χ3v) is 6.30. The number of benzene rings is 1. The van der Waals surface area contributed by atoms with E-state index in [0.29, 0.717) is 22.4 Å². The standard InChI is InChI=1S/C19H17N3O3S2/c1-9-5-6-14-13(7-15(23)24-16(14)10(9)2)8-26-19-22-21-18(25-19)17-11(3)20-12(4)27-17/h5-7H,8H2,1-4H3. The van der Waals surface area contributed by atoms with E-state index in [1.807, 2.05) is 39.8 Å². The number of aryl methyl sites for hydroxylation is 4. The average Bonchev–Trinajstić information content (AvgIpc) is 3.22. The molecule has 0 N–H and O–H groups in total. The molecule has 138 valence electrons. The number of hydrogen-bond acceptors (Lipinski definition) is 8. The van der Waals surface area contributed by atoms with Gasteiger partial charge < -0.3 is 8.83 Å². The molecule has 3 aromatic heterocycles. The molecule has 0 aliphatic carbocycles. The van der Waals surface area contributed by atoms with E-state index in [1.165, 1.54) is 29.2 Å². The third-order valence-electron chi connectivity index (χ3n) is 4.37. The molecule has 0 spiro atoms. The van der Waals surface area contributed by atoms with Gasteiger partial charge in [-0.05, 0) is 44.4 Å². The molecule has 0 amide bonds. The molecule has 0 aliphatic rings. The number of hydrogen-bond donors (Lipinski definition) is 0. The van der Waals surface area contributed by atoms with Crippen molar-refractivity contribution in [3.8, 4) is 10.8 Å². The van der Waals surface area contributed by atoms with Gasteiger partial charge in [-0.3, -0.25) is 0 Å². The van der Waals surface area contributed by atoms with Crippen molar-refractivity contribution in [3.05, 3.63) is 56.0 Å². The maximum atomic E-state index is 12.0. The highest BCUT2D eigenvalue weighted by Gasteiger charge is 2.16. The van der Waals surface area contributed by atoms with Crippen LogP contribution in [0.3, 0.4) is 0 Å². The van der Waals surface area contributed by atoms with Crippen LogP contribution in [0, 0.1) is 27.7 Å². The minimum Gasteiger partial charge on any atom is -0.422 e. The van der Waals surface area contributed by atoms with Crippen LogP contribution in [0.1, 0.15) is 27.4 Å². The van der Waals surface area contributed by atoms with Crippen LogP contribution in [0.25, 0.3) is 21.7 Å². The van der Waals surface area contributed by atoms with E-state index in [-0.39, 0.29) is 5.63 Å². The number of aromatic nitrogens is 3. The predicted molar refractivity (Wildman–Crippen MR) is 106 cm³/mol. The first-order valence-corrected chi connectivity index (χ1v) is 10.2. The van der Waals surface area contributed by atoms with Crippen LogP contribution >= 0.6 is 23.1 Å². The Hall–Kier alpha value is -2.45. The number of thioether (sulfide) groups is 1. The van der Waals surface area contributed by atoms with Gasteiger partial charge in [-0.15, -0.1) is 21.5 Å². The van der Waals surface area contributed by atoms with Crippen molar-refractivity contribution in [1.82, 2.24) is 15.2 Å². The molecule has 0 saturated carbocycles. The summed E-state index contributed by atoms with van der Waals surface area (Å²) in [4.78, 5) is 17.3. The second-order valence-electron chi connectivity index (χ2n) is 6.28. The van der Waals surface area contributed by atoms with Gasteiger partial charge >= 0.3 is 5.63 Å². The molecule has 4 rings (SSSR count). The Morgan fingerprint density at radius 1 is 1.11 bits per heavy atom. The molecule has 0 fully saturated rings. The zero-order chi connectivity index (χ0) is 19.1. The lowest BCUT2D eigenvalue weighted by atomic mass is 10.0. The summed E-state index contributed by atoms with van der Waals surface area (Å²) in [5, 5.41) is 10.6. The lowest BCUT2D eigenvalue weighted by Gasteiger charge is -2.07. The van der Waals surface area contributed by atoms with Gasteiger partial charge in [0.1, 0.15) is 10.5 Å². The zero-order valence-electron chi connectivity index (χ0n) is 15.3. The fraction of sp³-hybridized carbons (Fsp3) is 0.263. The Morgan fingerprint density at radius 3 is 2.67 bits per heavy atom. The second kappa shape index (κ2) is 6.94. The van der Waals surface area contributed by atoms with Gasteiger partial charge in [0.15, 0.2) is 0 Å². The molecule has 27 heavy (non-hydrogen) atoms. The fourth-order valence-corrected chi connectivity index (χ4v) is 4.47. The van der Waals surface area contributed by atoms with E-state index >= 15 is 0 Å². The lowest BCUT2D eigenvalue weighted by molar-refractivity contribution is 0.466. The van der Waals surface area contributed by atoms with Crippen molar-refractivity contribution in [2.45, 2.75) is 38.7 Å². The molecule has 1 aromatic carbocycles. The number of thiazole rings is 1. The molecule has 3 heterocycles. The van der Waals surface area contributed by atoms with Crippen LogP contribution < -0.4 is 5.63 Å². The smallest absolute Gasteiger partial charge is 0.336 e. The van der Waals surface area contributed by atoms with Crippen molar-refractivity contribution in [2.24, 2.45) is 0 Å². The normalized spacial score (nSPS) is 11.4. The maximum Gasteiger partial charge on any atom is 0.336 e. The van der Waals surface area contributed by atoms with Gasteiger partial charge in [0.05, 0.1) is 10.7 Å². The Balaban J connectivity index is 1.62. The van der Waals surface area contributed by atoms with E-state index in [9.17, 15) is 4.79 Å². The molecule has 0 bridgehead atoms. The van der Waals surface area contributed by atoms with Gasteiger partial charge in [0.25, 0.3) is 11.1 Å². The second-order valence-corrected chi connectivity index (χ2v) is 8.41. The van der Waals surface area contributed by atoms with Gasteiger partial charge in [-0.25, -0.2) is 9.78 Å². The Bertz CT molecular complexity index is 1210. The summed E-state index contributed by atoms with van der Waals surface area (Å²) in [7, 11) is 0. The van der Waals surface area contributed by atoms with Crippen LogP contribution in [0.4, 0.5) is 0 Å². The van der Waals surface area contributed by atoms with Crippen molar-refractivity contribution >= 4 is 34.1 Å². The Kier molecular flexibility index (Phi) is 4.61. The summed E-state index contributed by atoms with van der Waals surface area (Å²) in [5.41, 5.74) is 4.13. The van der Waals surface area contributed by atoms with Gasteiger partial charge in [0, 0.05) is 17.2 Å². The predicted octanol–water partition coefficient (Wildman–Crippen LogP) is 4.83. The molecule has 0 atom stereocenters. The van der Waals surface area contributed by atoms with E-state index in [0.717, 1.165) is 37.7 Å². The molecule has 0 aliphatic heterocycles. The molecule has 4 aromatic rings. The SMILES string of the molecule is Cc1nc(C)c(-c2nnc(SCc3cc(=O)oc4c(C)c(C)ccc34)o2)s1. The first-order chi connectivity index (χ1) is 12.9. The topological polar surface area (TPSA) is 82.0 Å². The maximum absolute atomic E-state index is 12.0. The summed E-state index contributed by atoms with van der Waals surface area (Å²) in [5.74, 6) is 1.01. The highest BCUT2D eigenvalue weighted by Crippen LogP contribution is 2.32. The van der Waals surface area contributed by atoms with Crippen LogP contribution in [-0.4, -0.2) is 15.2 Å². The fourth-order valence-electron chi connectivity index (χ4n) is 2.87. The van der Waals surface area contributed by atoms with Crippen LogP contribution in [0.15, 0.2) is 37.1 Å². The van der Waals surface area contributed by atoms with Gasteiger partial charge in [0.2, 0.25) is 0 Å². The summed E-state index contributed by atoms with van der Waals surface area (Å²) >= 11 is 2.93. The first kappa shape index (κ1) is 17.9. The molecule has 0 saturated heterocycles. The number of nitrogens with zero attached hydrogens (tertiary/aromatic N) is 3. The number of rotatable bonds is 4. The summed E-state index contributed by atoms with van der Waals surface area (Å²) in [6, 6.07) is 5.54. The van der Waals surface area contributed by atoms with E-state index < -0.39 is 0 Å². The Morgan fingerprint density at radius 2 is 1.93 bits per heavy atom. The molecule has 0 unspecified atom stereocenters. The summed E-state index contributed by atoms with van der Waals surface area (Å²) in [6.07, 6.45) is 0. The van der Waals surface area contributed by atoms with E-state index in [1.54, 1.807) is 0 Å². The molecular weight excluding hydrogens is 382 g/mol. The minimum atomic E-state index is -0.353. The van der Waals surface area contributed by atoms with Crippen molar-refractivity contribution in [1.29, 1.82) is 0 Å². The van der Waals surface area contributed by atoms with Crippen LogP contribution in [0.2, 0.25) is 0 Å². The monoisotopic (exact) mass is 399 g/mol. The molecule has 8 heteroatoms. The van der Waals surface area contributed by atoms with E-state index in [4.69, 9.17) is 8.83 Å². The zero-order valence-corrected chi connectivity index (χ0v) is 17.0. The van der Waals surface area contributed by atoms with Crippen molar-refractivity contribution in [2.75, 3.05) is 0 Å². The Labute approximate surface area is 163 Å². The quantitative estimate of drug-likeness (QED) is 0.359. The first-order valence-electron chi connectivity index (χ1n) is 8.36. The highest BCUT2D eigenvalue weighted by atomic mass is 32.2. The molecular formula is C19H17N3O3S2. The van der Waals surface area contributed by atoms with E-state index in [2.05, 4.69) is 15.2 Å². The van der Waals surface area contributed by atoms with Gasteiger partial charge in [-0.1, -0.05) is 23.9 Å². The average molecular weight is 399 g/mol. The third kappa shape index (κ3) is 3.42. The lowest BCUT2D eigenvalue weighted by Crippen LogP contribution is -2.01. The summed E-state index contributed by atoms with van der Waals surface area (Å²) in [6.45, 7) is 7.83. The highest BCUT2D eigenvalue weighted by molar-refractivity contribution is 7.98. The largest absolute Gasteiger partial charge is 0.422 e. The van der Waals surface area contributed by atoms with Gasteiger partial charge in [-0.2, -0.15) is 0 Å². The number of fused-ring (bicyclic) bond motifs is 1. The molecule has 6 nitrogen and oxygen atoms in total. The van der Waals surface area contributed by atoms with Crippen molar-refractivity contribution in [3.63, 3.8) is 0 Å². The molecule has 0 radical (unpaired) electrons. The van der Waals surface area contributed by atoms with Crippen LogP contribution in [-0.2, 0) is 5.75 Å². The minimum absolute atomic E-state index is 0.353. The van der Waals surface area contributed by atoms with Crippen LogP contribution in [0.5, 0.6) is 0 Å². The summed E-state index contributed by atoms with van der Waals surface area (Å²) < 4.78 is 11.2.